The van der Waals surface area contributed by atoms with E-state index < -0.39 is 21.4 Å². The third-order valence-corrected chi connectivity index (χ3v) is 7.10. The van der Waals surface area contributed by atoms with Crippen LogP contribution in [0, 0.1) is 16.7 Å². The Hall–Kier alpha value is -1.21. The first-order valence-corrected chi connectivity index (χ1v) is 9.50. The maximum absolute atomic E-state index is 12.4. The zero-order chi connectivity index (χ0) is 17.5. The zero-order valence-corrected chi connectivity index (χ0v) is 14.8. The SMILES string of the molecule is C=C(C)C(=O)OCCNS(=O)(=O)CC12CCC(CC1=O)C2(C)C. The van der Waals surface area contributed by atoms with Crippen molar-refractivity contribution in [3.63, 3.8) is 0 Å². The molecule has 0 aromatic carbocycles. The predicted octanol–water partition coefficient (Wildman–Crippen LogP) is 1.42. The van der Waals surface area contributed by atoms with E-state index in [0.717, 1.165) is 6.42 Å². The number of carbonyl (C=O) groups is 2. The molecule has 7 heteroatoms. The van der Waals surface area contributed by atoms with Crippen LogP contribution in [-0.4, -0.2) is 39.1 Å². The van der Waals surface area contributed by atoms with Gasteiger partial charge in [-0.25, -0.2) is 17.9 Å². The molecular weight excluding hydrogens is 318 g/mol. The Morgan fingerprint density at radius 1 is 1.43 bits per heavy atom. The summed E-state index contributed by atoms with van der Waals surface area (Å²) >= 11 is 0. The number of hydrogen-bond donors (Lipinski definition) is 1. The molecule has 0 amide bonds. The third kappa shape index (κ3) is 3.21. The Kier molecular flexibility index (Phi) is 4.74. The standard InChI is InChI=1S/C16H25NO5S/c1-11(2)14(19)22-8-7-17-23(20,21)10-16-6-5-12(9-13(16)18)15(16,3)4/h12,17H,1,5-10H2,2-4H3. The molecule has 2 rings (SSSR count). The van der Waals surface area contributed by atoms with Crippen molar-refractivity contribution in [2.75, 3.05) is 18.9 Å². The number of nitrogens with one attached hydrogen (secondary N) is 1. The van der Waals surface area contributed by atoms with Gasteiger partial charge in [0.15, 0.2) is 0 Å². The van der Waals surface area contributed by atoms with Crippen LogP contribution in [0.2, 0.25) is 0 Å². The lowest BCUT2D eigenvalue weighted by Crippen LogP contribution is -2.45. The van der Waals surface area contributed by atoms with Gasteiger partial charge in [-0.3, -0.25) is 4.79 Å². The maximum Gasteiger partial charge on any atom is 0.333 e. The second kappa shape index (κ2) is 6.02. The maximum atomic E-state index is 12.4. The number of sulfonamides is 1. The number of ether oxygens (including phenoxy) is 1. The largest absolute Gasteiger partial charge is 0.461 e. The summed E-state index contributed by atoms with van der Waals surface area (Å²) in [5.74, 6) is -0.385. The lowest BCUT2D eigenvalue weighted by molar-refractivity contribution is -0.138. The van der Waals surface area contributed by atoms with Crippen LogP contribution < -0.4 is 4.72 Å². The Labute approximate surface area is 137 Å². The van der Waals surface area contributed by atoms with Crippen LogP contribution in [0.15, 0.2) is 12.2 Å². The molecule has 1 N–H and O–H groups in total. The van der Waals surface area contributed by atoms with Gasteiger partial charge in [-0.2, -0.15) is 0 Å². The van der Waals surface area contributed by atoms with Gasteiger partial charge in [0, 0.05) is 24.0 Å². The molecule has 0 heterocycles. The number of ketones is 1. The van der Waals surface area contributed by atoms with E-state index in [9.17, 15) is 18.0 Å². The summed E-state index contributed by atoms with van der Waals surface area (Å²) in [7, 11) is -3.62. The lowest BCUT2D eigenvalue weighted by atomic mass is 9.70. The number of rotatable bonds is 7. The van der Waals surface area contributed by atoms with Crippen LogP contribution in [0.25, 0.3) is 0 Å². The van der Waals surface area contributed by atoms with Crippen molar-refractivity contribution in [3.05, 3.63) is 12.2 Å². The van der Waals surface area contributed by atoms with Crippen LogP contribution in [0.3, 0.4) is 0 Å². The highest BCUT2D eigenvalue weighted by atomic mass is 32.2. The summed E-state index contributed by atoms with van der Waals surface area (Å²) in [6.07, 6.45) is 2.03. The summed E-state index contributed by atoms with van der Waals surface area (Å²) in [4.78, 5) is 23.6. The molecule has 2 unspecified atom stereocenters. The number of hydrogen-bond acceptors (Lipinski definition) is 5. The smallest absolute Gasteiger partial charge is 0.333 e. The van der Waals surface area contributed by atoms with Gasteiger partial charge in [0.25, 0.3) is 0 Å². The Morgan fingerprint density at radius 2 is 2.09 bits per heavy atom. The van der Waals surface area contributed by atoms with Crippen LogP contribution in [0.5, 0.6) is 0 Å². The van der Waals surface area contributed by atoms with Crippen LogP contribution in [0.4, 0.5) is 0 Å². The normalized spacial score (nSPS) is 28.8. The average molecular weight is 343 g/mol. The zero-order valence-electron chi connectivity index (χ0n) is 14.0. The Morgan fingerprint density at radius 3 is 2.57 bits per heavy atom. The molecule has 0 aromatic heterocycles. The van der Waals surface area contributed by atoms with Gasteiger partial charge >= 0.3 is 5.97 Å². The molecule has 130 valence electrons. The van der Waals surface area contributed by atoms with Crippen molar-refractivity contribution in [2.24, 2.45) is 16.7 Å². The van der Waals surface area contributed by atoms with Gasteiger partial charge in [-0.05, 0) is 31.1 Å². The molecule has 2 aliphatic rings. The monoisotopic (exact) mass is 343 g/mol. The molecule has 0 saturated heterocycles. The Balaban J connectivity index is 1.95. The topological polar surface area (TPSA) is 89.5 Å². The molecule has 0 spiro atoms. The van der Waals surface area contributed by atoms with E-state index in [1.165, 1.54) is 6.92 Å². The van der Waals surface area contributed by atoms with Gasteiger partial charge in [0.1, 0.15) is 12.4 Å². The van der Waals surface area contributed by atoms with Gasteiger partial charge < -0.3 is 4.74 Å². The van der Waals surface area contributed by atoms with Gasteiger partial charge in [-0.15, -0.1) is 0 Å². The number of fused-ring (bicyclic) bond motifs is 2. The molecule has 0 aliphatic heterocycles. The first-order chi connectivity index (χ1) is 10.5. The molecule has 0 radical (unpaired) electrons. The van der Waals surface area contributed by atoms with Crippen molar-refractivity contribution < 1.29 is 22.7 Å². The van der Waals surface area contributed by atoms with E-state index in [2.05, 4.69) is 11.3 Å². The van der Waals surface area contributed by atoms with Crippen LogP contribution in [0.1, 0.15) is 40.0 Å². The number of carbonyl (C=O) groups excluding carboxylic acids is 2. The minimum atomic E-state index is -3.62. The summed E-state index contributed by atoms with van der Waals surface area (Å²) in [5.41, 5.74) is -0.801. The van der Waals surface area contributed by atoms with E-state index in [0.29, 0.717) is 12.8 Å². The summed E-state index contributed by atoms with van der Waals surface area (Å²) in [5, 5.41) is 0. The minimum absolute atomic E-state index is 0.00448. The van der Waals surface area contributed by atoms with Crippen molar-refractivity contribution >= 4 is 21.8 Å². The van der Waals surface area contributed by atoms with Crippen molar-refractivity contribution in [3.8, 4) is 0 Å². The highest BCUT2D eigenvalue weighted by Gasteiger charge is 2.65. The summed E-state index contributed by atoms with van der Waals surface area (Å²) in [6.45, 7) is 8.91. The third-order valence-electron chi connectivity index (χ3n) is 5.58. The van der Waals surface area contributed by atoms with Crippen molar-refractivity contribution in [1.29, 1.82) is 0 Å². The highest BCUT2D eigenvalue weighted by Crippen LogP contribution is 2.64. The summed E-state index contributed by atoms with van der Waals surface area (Å²) in [6, 6.07) is 0. The van der Waals surface area contributed by atoms with E-state index in [-0.39, 0.29) is 41.6 Å². The minimum Gasteiger partial charge on any atom is -0.461 e. The number of Topliss-reactive ketones (excluding diaryl/α,β-unsaturated/α-hetero) is 1. The molecule has 6 nitrogen and oxygen atoms in total. The highest BCUT2D eigenvalue weighted by molar-refractivity contribution is 7.89. The van der Waals surface area contributed by atoms with Crippen molar-refractivity contribution in [1.82, 2.24) is 4.72 Å². The first-order valence-electron chi connectivity index (χ1n) is 7.85. The second-order valence-electron chi connectivity index (χ2n) is 7.24. The molecule has 2 aliphatic carbocycles. The van der Waals surface area contributed by atoms with Crippen LogP contribution in [-0.2, 0) is 24.3 Å². The van der Waals surface area contributed by atoms with E-state index in [1.54, 1.807) is 0 Å². The predicted molar refractivity (Wildman–Crippen MR) is 86.1 cm³/mol. The van der Waals surface area contributed by atoms with E-state index >= 15 is 0 Å². The molecule has 2 atom stereocenters. The quantitative estimate of drug-likeness (QED) is 0.429. The fourth-order valence-electron chi connectivity index (χ4n) is 3.95. The van der Waals surface area contributed by atoms with Crippen molar-refractivity contribution in [2.45, 2.75) is 40.0 Å². The fraction of sp³-hybridized carbons (Fsp3) is 0.750. The van der Waals surface area contributed by atoms with Gasteiger partial charge in [-0.1, -0.05) is 20.4 Å². The molecule has 2 bridgehead atoms. The molecule has 2 saturated carbocycles. The summed E-state index contributed by atoms with van der Waals surface area (Å²) < 4.78 is 32.0. The number of esters is 1. The first kappa shape index (κ1) is 18.1. The molecular formula is C16H25NO5S. The fourth-order valence-corrected chi connectivity index (χ4v) is 5.77. The van der Waals surface area contributed by atoms with E-state index in [1.807, 2.05) is 13.8 Å². The Bertz CT molecular complexity index is 637. The lowest BCUT2D eigenvalue weighted by Gasteiger charge is -2.36. The van der Waals surface area contributed by atoms with Crippen LogP contribution >= 0.6 is 0 Å². The molecule has 2 fully saturated rings. The van der Waals surface area contributed by atoms with Gasteiger partial charge in [0.05, 0.1) is 5.75 Å². The van der Waals surface area contributed by atoms with Gasteiger partial charge in [0.2, 0.25) is 10.0 Å². The molecule has 23 heavy (non-hydrogen) atoms. The van der Waals surface area contributed by atoms with E-state index in [4.69, 9.17) is 4.74 Å². The molecule has 0 aromatic rings. The second-order valence-corrected chi connectivity index (χ2v) is 9.04. The average Bonchev–Trinajstić information content (AvgIpc) is 2.76.